The van der Waals surface area contributed by atoms with E-state index in [9.17, 15) is 13.2 Å². The van der Waals surface area contributed by atoms with Gasteiger partial charge in [0.25, 0.3) is 0 Å². The standard InChI is InChI=1S/C15H10F3N3/c16-15(17,18)11-7-13(21-14(19)8-11)10-3-4-12-9(6-10)2-1-5-20-12/h1-8H,(H2,19,21). The summed E-state index contributed by atoms with van der Waals surface area (Å²) in [4.78, 5) is 8.15. The maximum Gasteiger partial charge on any atom is 0.416 e. The minimum absolute atomic E-state index is 0.161. The minimum Gasteiger partial charge on any atom is -0.384 e. The molecule has 3 nitrogen and oxygen atoms in total. The molecule has 2 N–H and O–H groups in total. The average molecular weight is 289 g/mol. The van der Waals surface area contributed by atoms with Gasteiger partial charge in [0.2, 0.25) is 0 Å². The highest BCUT2D eigenvalue weighted by Crippen LogP contribution is 2.33. The first-order valence-corrected chi connectivity index (χ1v) is 6.13. The molecule has 0 aliphatic heterocycles. The van der Waals surface area contributed by atoms with E-state index in [-0.39, 0.29) is 11.5 Å². The molecule has 0 spiro atoms. The highest BCUT2D eigenvalue weighted by atomic mass is 19.4. The number of benzene rings is 1. The number of hydrogen-bond donors (Lipinski definition) is 1. The van der Waals surface area contributed by atoms with Gasteiger partial charge in [-0.05, 0) is 30.3 Å². The quantitative estimate of drug-likeness (QED) is 0.739. The van der Waals surface area contributed by atoms with E-state index in [4.69, 9.17) is 5.73 Å². The molecule has 0 aliphatic carbocycles. The lowest BCUT2D eigenvalue weighted by molar-refractivity contribution is -0.137. The predicted molar refractivity (Wildman–Crippen MR) is 74.4 cm³/mol. The molecule has 106 valence electrons. The molecule has 0 saturated carbocycles. The van der Waals surface area contributed by atoms with E-state index in [1.54, 1.807) is 30.5 Å². The number of anilines is 1. The number of pyridine rings is 2. The number of hydrogen-bond acceptors (Lipinski definition) is 3. The molecule has 0 saturated heterocycles. The molecule has 3 aromatic rings. The minimum atomic E-state index is -4.45. The molecule has 3 rings (SSSR count). The van der Waals surface area contributed by atoms with Gasteiger partial charge < -0.3 is 5.73 Å². The van der Waals surface area contributed by atoms with Crippen LogP contribution >= 0.6 is 0 Å². The maximum atomic E-state index is 12.8. The molecule has 21 heavy (non-hydrogen) atoms. The highest BCUT2D eigenvalue weighted by Gasteiger charge is 2.31. The van der Waals surface area contributed by atoms with E-state index in [1.807, 2.05) is 6.07 Å². The molecule has 0 atom stereocenters. The summed E-state index contributed by atoms with van der Waals surface area (Å²) in [6, 6.07) is 10.6. The van der Waals surface area contributed by atoms with Gasteiger partial charge in [0.05, 0.1) is 16.8 Å². The Kier molecular flexibility index (Phi) is 3.01. The Morgan fingerprint density at radius 3 is 2.57 bits per heavy atom. The number of nitrogens with two attached hydrogens (primary N) is 1. The zero-order valence-corrected chi connectivity index (χ0v) is 10.7. The molecule has 6 heteroatoms. The lowest BCUT2D eigenvalue weighted by Crippen LogP contribution is -2.07. The number of alkyl halides is 3. The molecule has 0 radical (unpaired) electrons. The number of nitrogens with zero attached hydrogens (tertiary/aromatic N) is 2. The van der Waals surface area contributed by atoms with Gasteiger partial charge in [0.1, 0.15) is 5.82 Å². The molecular weight excluding hydrogens is 279 g/mol. The largest absolute Gasteiger partial charge is 0.416 e. The Morgan fingerprint density at radius 1 is 1.00 bits per heavy atom. The fourth-order valence-electron chi connectivity index (χ4n) is 2.10. The molecular formula is C15H10F3N3. The van der Waals surface area contributed by atoms with Crippen LogP contribution in [0.15, 0.2) is 48.7 Å². The molecule has 2 aromatic heterocycles. The Bertz CT molecular complexity index is 813. The molecule has 0 fully saturated rings. The van der Waals surface area contributed by atoms with Crippen LogP contribution in [-0.4, -0.2) is 9.97 Å². The van der Waals surface area contributed by atoms with Gasteiger partial charge in [0, 0.05) is 17.1 Å². The van der Waals surface area contributed by atoms with Crippen LogP contribution in [-0.2, 0) is 6.18 Å². The lowest BCUT2D eigenvalue weighted by Gasteiger charge is -2.10. The van der Waals surface area contributed by atoms with E-state index in [0.717, 1.165) is 23.0 Å². The van der Waals surface area contributed by atoms with Crippen LogP contribution in [0, 0.1) is 0 Å². The second kappa shape index (κ2) is 4.73. The second-order valence-corrected chi connectivity index (χ2v) is 4.57. The summed E-state index contributed by atoms with van der Waals surface area (Å²) in [7, 11) is 0. The van der Waals surface area contributed by atoms with Crippen molar-refractivity contribution in [1.82, 2.24) is 9.97 Å². The zero-order chi connectivity index (χ0) is 15.0. The summed E-state index contributed by atoms with van der Waals surface area (Å²) in [6.07, 6.45) is -2.80. The summed E-state index contributed by atoms with van der Waals surface area (Å²) in [5.74, 6) is -0.161. The van der Waals surface area contributed by atoms with Crippen molar-refractivity contribution in [2.75, 3.05) is 5.73 Å². The van der Waals surface area contributed by atoms with Crippen molar-refractivity contribution in [3.8, 4) is 11.3 Å². The van der Waals surface area contributed by atoms with Crippen LogP contribution in [0.4, 0.5) is 19.0 Å². The van der Waals surface area contributed by atoms with Crippen LogP contribution < -0.4 is 5.73 Å². The summed E-state index contributed by atoms with van der Waals surface area (Å²) in [5.41, 5.74) is 6.19. The average Bonchev–Trinajstić information content (AvgIpc) is 2.45. The van der Waals surface area contributed by atoms with Crippen molar-refractivity contribution < 1.29 is 13.2 Å². The van der Waals surface area contributed by atoms with E-state index in [2.05, 4.69) is 9.97 Å². The fourth-order valence-corrected chi connectivity index (χ4v) is 2.10. The van der Waals surface area contributed by atoms with Crippen LogP contribution in [0.25, 0.3) is 22.2 Å². The van der Waals surface area contributed by atoms with Crippen LogP contribution in [0.1, 0.15) is 5.56 Å². The molecule has 0 amide bonds. The smallest absolute Gasteiger partial charge is 0.384 e. The molecule has 0 unspecified atom stereocenters. The third kappa shape index (κ3) is 2.65. The number of aromatic nitrogens is 2. The summed E-state index contributed by atoms with van der Waals surface area (Å²) < 4.78 is 38.5. The summed E-state index contributed by atoms with van der Waals surface area (Å²) >= 11 is 0. The normalized spacial score (nSPS) is 11.8. The third-order valence-electron chi connectivity index (χ3n) is 3.07. The first-order chi connectivity index (χ1) is 9.93. The number of nitrogen functional groups attached to an aromatic ring is 1. The van der Waals surface area contributed by atoms with Crippen molar-refractivity contribution in [1.29, 1.82) is 0 Å². The van der Waals surface area contributed by atoms with Crippen molar-refractivity contribution >= 4 is 16.7 Å². The molecule has 0 aliphatic rings. The van der Waals surface area contributed by atoms with Gasteiger partial charge in [-0.3, -0.25) is 4.98 Å². The number of fused-ring (bicyclic) bond motifs is 1. The Morgan fingerprint density at radius 2 is 1.81 bits per heavy atom. The van der Waals surface area contributed by atoms with Gasteiger partial charge >= 0.3 is 6.18 Å². The predicted octanol–water partition coefficient (Wildman–Crippen LogP) is 3.90. The lowest BCUT2D eigenvalue weighted by atomic mass is 10.1. The highest BCUT2D eigenvalue weighted by molar-refractivity contribution is 5.83. The monoisotopic (exact) mass is 289 g/mol. The molecule has 2 heterocycles. The Labute approximate surface area is 118 Å². The first-order valence-electron chi connectivity index (χ1n) is 6.13. The first kappa shape index (κ1) is 13.4. The Hall–Kier alpha value is -2.63. The van der Waals surface area contributed by atoms with Crippen LogP contribution in [0.2, 0.25) is 0 Å². The van der Waals surface area contributed by atoms with Crippen molar-refractivity contribution in [3.63, 3.8) is 0 Å². The Balaban J connectivity index is 2.16. The SMILES string of the molecule is Nc1cc(C(F)(F)F)cc(-c2ccc3ncccc3c2)n1. The van der Waals surface area contributed by atoms with Crippen molar-refractivity contribution in [2.45, 2.75) is 6.18 Å². The number of halogens is 3. The summed E-state index contributed by atoms with van der Waals surface area (Å²) in [6.45, 7) is 0. The van der Waals surface area contributed by atoms with Gasteiger partial charge in [-0.2, -0.15) is 13.2 Å². The fraction of sp³-hybridized carbons (Fsp3) is 0.0667. The van der Waals surface area contributed by atoms with Crippen molar-refractivity contribution in [3.05, 3.63) is 54.2 Å². The molecule has 0 bridgehead atoms. The third-order valence-corrected chi connectivity index (χ3v) is 3.07. The van der Waals surface area contributed by atoms with Crippen LogP contribution in [0.5, 0.6) is 0 Å². The number of rotatable bonds is 1. The summed E-state index contributed by atoms with van der Waals surface area (Å²) in [5, 5.41) is 0.827. The topological polar surface area (TPSA) is 51.8 Å². The maximum absolute atomic E-state index is 12.8. The van der Waals surface area contributed by atoms with Gasteiger partial charge in [-0.1, -0.05) is 12.1 Å². The van der Waals surface area contributed by atoms with Gasteiger partial charge in [0.15, 0.2) is 0 Å². The van der Waals surface area contributed by atoms with Crippen molar-refractivity contribution in [2.24, 2.45) is 0 Å². The van der Waals surface area contributed by atoms with Crippen LogP contribution in [0.3, 0.4) is 0 Å². The van der Waals surface area contributed by atoms with E-state index < -0.39 is 11.7 Å². The zero-order valence-electron chi connectivity index (χ0n) is 10.7. The van der Waals surface area contributed by atoms with Gasteiger partial charge in [-0.15, -0.1) is 0 Å². The van der Waals surface area contributed by atoms with E-state index in [1.165, 1.54) is 0 Å². The second-order valence-electron chi connectivity index (χ2n) is 4.57. The molecule has 1 aromatic carbocycles. The van der Waals surface area contributed by atoms with E-state index >= 15 is 0 Å². The van der Waals surface area contributed by atoms with E-state index in [0.29, 0.717) is 5.56 Å². The van der Waals surface area contributed by atoms with Gasteiger partial charge in [-0.25, -0.2) is 4.98 Å².